The largest absolute Gasteiger partial charge is 0.504 e. The molecule has 2 aliphatic rings. The molecule has 2 aliphatic heterocycles. The van der Waals surface area contributed by atoms with Crippen LogP contribution in [-0.4, -0.2) is 82.8 Å². The number of aromatic hydroxyl groups is 1. The summed E-state index contributed by atoms with van der Waals surface area (Å²) >= 11 is 0. The van der Waals surface area contributed by atoms with Crippen molar-refractivity contribution in [3.63, 3.8) is 0 Å². The number of aliphatic hydroxyl groups is 4. The van der Waals surface area contributed by atoms with Crippen molar-refractivity contribution in [1.82, 2.24) is 0 Å². The molecule has 2 aromatic carbocycles. The number of methoxy groups -OCH3 is 2. The molecule has 0 aromatic heterocycles. The van der Waals surface area contributed by atoms with Gasteiger partial charge >= 0.3 is 0 Å². The summed E-state index contributed by atoms with van der Waals surface area (Å²) in [5.74, 6) is 0.333. The molecule has 184 valence electrons. The topological polar surface area (TPSA) is 164 Å². The van der Waals surface area contributed by atoms with Crippen LogP contribution in [0.5, 0.6) is 28.7 Å². The monoisotopic (exact) mass is 478 g/mol. The van der Waals surface area contributed by atoms with Gasteiger partial charge in [-0.25, -0.2) is 0 Å². The number of Topliss-reactive ketones (excluding diaryl/α,β-unsaturated/α-hetero) is 1. The molecule has 0 saturated carbocycles. The zero-order valence-corrected chi connectivity index (χ0v) is 18.5. The second kappa shape index (κ2) is 9.65. The zero-order chi connectivity index (χ0) is 24.6. The highest BCUT2D eigenvalue weighted by atomic mass is 16.7. The first kappa shape index (κ1) is 24.0. The van der Waals surface area contributed by atoms with E-state index in [0.29, 0.717) is 5.56 Å². The van der Waals surface area contributed by atoms with Crippen LogP contribution in [0.2, 0.25) is 0 Å². The van der Waals surface area contributed by atoms with E-state index in [9.17, 15) is 30.3 Å². The van der Waals surface area contributed by atoms with Gasteiger partial charge in [-0.1, -0.05) is 6.07 Å². The summed E-state index contributed by atoms with van der Waals surface area (Å²) in [7, 11) is 2.79. The SMILES string of the molecule is COc1ccc(C2CC(=O)c3c(OC)cc(OC4OC(CO)C(O)C(O)C4O)cc3O2)cc1O. The van der Waals surface area contributed by atoms with E-state index < -0.39 is 43.4 Å². The number of hydrogen-bond donors (Lipinski definition) is 5. The summed E-state index contributed by atoms with van der Waals surface area (Å²) in [6.45, 7) is -0.605. The molecule has 1 saturated heterocycles. The third-order valence-corrected chi connectivity index (χ3v) is 5.85. The van der Waals surface area contributed by atoms with Gasteiger partial charge in [-0.15, -0.1) is 0 Å². The minimum atomic E-state index is -1.61. The van der Waals surface area contributed by atoms with Crippen LogP contribution in [0.3, 0.4) is 0 Å². The number of rotatable bonds is 6. The maximum Gasteiger partial charge on any atom is 0.229 e. The average Bonchev–Trinajstić information content (AvgIpc) is 2.83. The molecule has 0 aliphatic carbocycles. The zero-order valence-electron chi connectivity index (χ0n) is 18.5. The van der Waals surface area contributed by atoms with Gasteiger partial charge in [-0.3, -0.25) is 4.79 Å². The van der Waals surface area contributed by atoms with Gasteiger partial charge in [-0.2, -0.15) is 0 Å². The van der Waals surface area contributed by atoms with Crippen LogP contribution in [0.4, 0.5) is 0 Å². The van der Waals surface area contributed by atoms with Gasteiger partial charge in [0, 0.05) is 12.1 Å². The number of aliphatic hydroxyl groups excluding tert-OH is 4. The van der Waals surface area contributed by atoms with E-state index in [2.05, 4.69) is 0 Å². The number of ketones is 1. The lowest BCUT2D eigenvalue weighted by atomic mass is 9.95. The van der Waals surface area contributed by atoms with Crippen LogP contribution in [0.15, 0.2) is 30.3 Å². The van der Waals surface area contributed by atoms with Crippen molar-refractivity contribution < 1.29 is 54.0 Å². The average molecular weight is 478 g/mol. The Morgan fingerprint density at radius 1 is 1.00 bits per heavy atom. The van der Waals surface area contributed by atoms with Crippen molar-refractivity contribution in [1.29, 1.82) is 0 Å². The van der Waals surface area contributed by atoms with E-state index in [1.54, 1.807) is 12.1 Å². The Kier molecular flexibility index (Phi) is 6.82. The van der Waals surface area contributed by atoms with E-state index >= 15 is 0 Å². The predicted molar refractivity (Wildman–Crippen MR) is 114 cm³/mol. The second-order valence-corrected chi connectivity index (χ2v) is 7.98. The molecular weight excluding hydrogens is 452 g/mol. The molecule has 0 radical (unpaired) electrons. The van der Waals surface area contributed by atoms with Gasteiger partial charge in [-0.05, 0) is 17.7 Å². The maximum absolute atomic E-state index is 12.9. The van der Waals surface area contributed by atoms with E-state index in [4.69, 9.17) is 23.7 Å². The number of benzene rings is 2. The fourth-order valence-corrected chi connectivity index (χ4v) is 4.02. The van der Waals surface area contributed by atoms with Gasteiger partial charge in [0.1, 0.15) is 53.3 Å². The summed E-state index contributed by atoms with van der Waals surface area (Å²) < 4.78 is 27.5. The highest BCUT2D eigenvalue weighted by Crippen LogP contribution is 2.43. The number of carbonyl (C=O) groups excluding carboxylic acids is 1. The first-order chi connectivity index (χ1) is 16.3. The van der Waals surface area contributed by atoms with Crippen molar-refractivity contribution in [2.24, 2.45) is 0 Å². The van der Waals surface area contributed by atoms with Crippen LogP contribution in [0.1, 0.15) is 28.4 Å². The minimum Gasteiger partial charge on any atom is -0.504 e. The Hall–Kier alpha value is -3.09. The molecule has 1 fully saturated rings. The number of carbonyl (C=O) groups is 1. The van der Waals surface area contributed by atoms with Crippen molar-refractivity contribution in [2.45, 2.75) is 43.2 Å². The third kappa shape index (κ3) is 4.36. The number of phenols is 1. The van der Waals surface area contributed by atoms with Gasteiger partial charge < -0.3 is 49.2 Å². The van der Waals surface area contributed by atoms with Crippen molar-refractivity contribution in [2.75, 3.05) is 20.8 Å². The summed E-state index contributed by atoms with van der Waals surface area (Å²) in [5, 5.41) is 49.7. The minimum absolute atomic E-state index is 0.00203. The Labute approximate surface area is 194 Å². The maximum atomic E-state index is 12.9. The smallest absolute Gasteiger partial charge is 0.229 e. The van der Waals surface area contributed by atoms with Crippen molar-refractivity contribution in [3.05, 3.63) is 41.5 Å². The second-order valence-electron chi connectivity index (χ2n) is 7.98. The molecule has 34 heavy (non-hydrogen) atoms. The molecular formula is C23H26O11. The standard InChI is InChI=1S/C23H26O11/c1-30-14-4-3-10(5-12(14)25)15-8-13(26)19-16(31-2)6-11(7-17(19)33-15)32-23-22(29)21(28)20(27)18(9-24)34-23/h3-7,15,18,20-25,27-29H,8-9H2,1-2H3. The summed E-state index contributed by atoms with van der Waals surface area (Å²) in [6.07, 6.45) is -8.02. The Bertz CT molecular complexity index is 1050. The van der Waals surface area contributed by atoms with Gasteiger partial charge in [0.05, 0.1) is 27.2 Å². The molecule has 5 N–H and O–H groups in total. The molecule has 0 bridgehead atoms. The van der Waals surface area contributed by atoms with Crippen molar-refractivity contribution in [3.8, 4) is 28.7 Å². The van der Waals surface area contributed by atoms with E-state index in [1.807, 2.05) is 0 Å². The first-order valence-corrected chi connectivity index (χ1v) is 10.5. The fourth-order valence-electron chi connectivity index (χ4n) is 4.02. The predicted octanol–water partition coefficient (Wildman–Crippen LogP) is 0.295. The molecule has 11 heteroatoms. The van der Waals surface area contributed by atoms with E-state index in [1.165, 1.54) is 32.4 Å². The van der Waals surface area contributed by atoms with Gasteiger partial charge in [0.25, 0.3) is 0 Å². The molecule has 0 amide bonds. The molecule has 2 aromatic rings. The molecule has 6 unspecified atom stereocenters. The Morgan fingerprint density at radius 3 is 2.38 bits per heavy atom. The summed E-state index contributed by atoms with van der Waals surface area (Å²) in [6, 6.07) is 7.50. The molecule has 6 atom stereocenters. The first-order valence-electron chi connectivity index (χ1n) is 10.5. The van der Waals surface area contributed by atoms with E-state index in [0.717, 1.165) is 0 Å². The van der Waals surface area contributed by atoms with Crippen LogP contribution in [0, 0.1) is 0 Å². The van der Waals surface area contributed by atoms with Gasteiger partial charge in [0.2, 0.25) is 6.29 Å². The highest BCUT2D eigenvalue weighted by Gasteiger charge is 2.45. The lowest BCUT2D eigenvalue weighted by Gasteiger charge is -2.39. The van der Waals surface area contributed by atoms with Crippen LogP contribution in [0.25, 0.3) is 0 Å². The summed E-state index contributed by atoms with van der Waals surface area (Å²) in [4.78, 5) is 12.9. The highest BCUT2D eigenvalue weighted by molar-refractivity contribution is 6.02. The normalized spacial score (nSPS) is 28.6. The molecule has 11 nitrogen and oxygen atoms in total. The van der Waals surface area contributed by atoms with Crippen LogP contribution >= 0.6 is 0 Å². The van der Waals surface area contributed by atoms with Crippen molar-refractivity contribution >= 4 is 5.78 Å². The fraction of sp³-hybridized carbons (Fsp3) is 0.435. The van der Waals surface area contributed by atoms with Crippen LogP contribution in [-0.2, 0) is 4.74 Å². The Balaban J connectivity index is 1.63. The third-order valence-electron chi connectivity index (χ3n) is 5.85. The van der Waals surface area contributed by atoms with Crippen LogP contribution < -0.4 is 18.9 Å². The molecule has 0 spiro atoms. The van der Waals surface area contributed by atoms with Gasteiger partial charge in [0.15, 0.2) is 17.3 Å². The number of hydrogen-bond acceptors (Lipinski definition) is 11. The summed E-state index contributed by atoms with van der Waals surface area (Å²) in [5.41, 5.74) is 0.758. The number of phenolic OH excluding ortho intramolecular Hbond substituents is 1. The number of fused-ring (bicyclic) bond motifs is 1. The van der Waals surface area contributed by atoms with E-state index in [-0.39, 0.29) is 46.5 Å². The molecule has 4 rings (SSSR count). The number of ether oxygens (including phenoxy) is 5. The lowest BCUT2D eigenvalue weighted by Crippen LogP contribution is -2.60. The lowest BCUT2D eigenvalue weighted by molar-refractivity contribution is -0.277. The molecule has 2 heterocycles. The Morgan fingerprint density at radius 2 is 1.74 bits per heavy atom. The quantitative estimate of drug-likeness (QED) is 0.388.